The summed E-state index contributed by atoms with van der Waals surface area (Å²) in [6.45, 7) is 1.47. The van der Waals surface area contributed by atoms with Crippen molar-refractivity contribution in [1.82, 2.24) is 0 Å². The highest BCUT2D eigenvalue weighted by Crippen LogP contribution is 2.59. The minimum atomic E-state index is -7.67. The summed E-state index contributed by atoms with van der Waals surface area (Å²) in [4.78, 5) is 0. The first-order valence-corrected chi connectivity index (χ1v) is 6.74. The third-order valence-corrected chi connectivity index (χ3v) is 3.35. The van der Waals surface area contributed by atoms with Crippen molar-refractivity contribution >= 4 is 0 Å². The minimum Gasteiger partial charge on any atom is -0.241 e. The number of halogens is 13. The lowest BCUT2D eigenvalue weighted by molar-refractivity contribution is -0.417. The Labute approximate surface area is 133 Å². The molecule has 1 atom stereocenters. The van der Waals surface area contributed by atoms with Gasteiger partial charge in [-0.2, -0.15) is 43.9 Å². The molecule has 0 aliphatic carbocycles. The molecule has 25 heavy (non-hydrogen) atoms. The molecule has 0 rings (SSSR count). The fourth-order valence-corrected chi connectivity index (χ4v) is 1.70. The summed E-state index contributed by atoms with van der Waals surface area (Å²) in [7, 11) is 0. The van der Waals surface area contributed by atoms with Gasteiger partial charge in [-0.15, -0.1) is 0 Å². The lowest BCUT2D eigenvalue weighted by Crippen LogP contribution is -2.70. The van der Waals surface area contributed by atoms with E-state index in [1.54, 1.807) is 0 Å². The molecule has 0 aromatic heterocycles. The number of alkyl halides is 13. The standard InChI is InChI=1S/C12H13F13/c1-2-3-4-5-6(13)8(16,17)10(20,21)12(24,25)11(22,23)9(18,19)7(14)15/h6-7H,2-5H2,1H3. The SMILES string of the molecule is CCCCCC(F)C(F)(F)C(F)(F)C(F)(F)C(F)(F)C(F)(F)C(F)F. The first kappa shape index (κ1) is 24.1. The van der Waals surface area contributed by atoms with E-state index in [9.17, 15) is 57.1 Å². The maximum atomic E-state index is 13.3. The fourth-order valence-electron chi connectivity index (χ4n) is 1.70. The largest absolute Gasteiger partial charge is 0.384 e. The molecule has 0 saturated heterocycles. The molecular weight excluding hydrogens is 391 g/mol. The molecule has 0 saturated carbocycles. The monoisotopic (exact) mass is 404 g/mol. The van der Waals surface area contributed by atoms with Gasteiger partial charge < -0.3 is 0 Å². The topological polar surface area (TPSA) is 0 Å². The lowest BCUT2D eigenvalue weighted by Gasteiger charge is -2.39. The first-order chi connectivity index (χ1) is 10.9. The zero-order valence-electron chi connectivity index (χ0n) is 12.4. The lowest BCUT2D eigenvalue weighted by atomic mass is 9.91. The van der Waals surface area contributed by atoms with Crippen LogP contribution in [0.4, 0.5) is 57.1 Å². The minimum absolute atomic E-state index is 0.00191. The van der Waals surface area contributed by atoms with Crippen LogP contribution in [0.15, 0.2) is 0 Å². The summed E-state index contributed by atoms with van der Waals surface area (Å²) >= 11 is 0. The molecule has 0 amide bonds. The van der Waals surface area contributed by atoms with Gasteiger partial charge in [-0.25, -0.2) is 13.2 Å². The highest BCUT2D eigenvalue weighted by Gasteiger charge is 2.88. The van der Waals surface area contributed by atoms with Crippen molar-refractivity contribution in [2.75, 3.05) is 0 Å². The Morgan fingerprint density at radius 1 is 0.600 bits per heavy atom. The van der Waals surface area contributed by atoms with Crippen molar-refractivity contribution in [2.24, 2.45) is 0 Å². The summed E-state index contributed by atoms with van der Waals surface area (Å²) in [6, 6.07) is 0. The van der Waals surface area contributed by atoms with E-state index in [2.05, 4.69) is 0 Å². The van der Waals surface area contributed by atoms with Crippen LogP contribution in [0.25, 0.3) is 0 Å². The predicted molar refractivity (Wildman–Crippen MR) is 59.8 cm³/mol. The average molecular weight is 404 g/mol. The van der Waals surface area contributed by atoms with Crippen LogP contribution in [0, 0.1) is 0 Å². The smallest absolute Gasteiger partial charge is 0.241 e. The van der Waals surface area contributed by atoms with Gasteiger partial charge in [0.2, 0.25) is 0 Å². The summed E-state index contributed by atoms with van der Waals surface area (Å²) in [5.41, 5.74) is 0. The van der Waals surface area contributed by atoms with Gasteiger partial charge in [0, 0.05) is 0 Å². The van der Waals surface area contributed by atoms with Gasteiger partial charge >= 0.3 is 36.0 Å². The maximum absolute atomic E-state index is 13.3. The Hall–Kier alpha value is -0.910. The molecule has 0 aromatic carbocycles. The Balaban J connectivity index is 5.86. The van der Waals surface area contributed by atoms with Crippen LogP contribution in [0.1, 0.15) is 32.6 Å². The van der Waals surface area contributed by atoms with Gasteiger partial charge in [0.1, 0.15) is 0 Å². The highest BCUT2D eigenvalue weighted by atomic mass is 19.4. The van der Waals surface area contributed by atoms with E-state index < -0.39 is 55.1 Å². The van der Waals surface area contributed by atoms with Crippen LogP contribution < -0.4 is 0 Å². The zero-order chi connectivity index (χ0) is 20.5. The zero-order valence-corrected chi connectivity index (χ0v) is 12.4. The van der Waals surface area contributed by atoms with Gasteiger partial charge in [0.15, 0.2) is 6.17 Å². The van der Waals surface area contributed by atoms with E-state index in [4.69, 9.17) is 0 Å². The third-order valence-electron chi connectivity index (χ3n) is 3.35. The fraction of sp³-hybridized carbons (Fsp3) is 1.00. The molecule has 0 fully saturated rings. The van der Waals surface area contributed by atoms with Crippen molar-refractivity contribution in [1.29, 1.82) is 0 Å². The summed E-state index contributed by atoms with van der Waals surface area (Å²) in [6.07, 6.45) is -11.4. The van der Waals surface area contributed by atoms with Crippen LogP contribution in [0.5, 0.6) is 0 Å². The Kier molecular flexibility index (Phi) is 7.11. The second-order valence-corrected chi connectivity index (χ2v) is 5.23. The van der Waals surface area contributed by atoms with Gasteiger partial charge in [0.05, 0.1) is 0 Å². The molecule has 0 N–H and O–H groups in total. The van der Waals surface area contributed by atoms with Crippen LogP contribution in [0.3, 0.4) is 0 Å². The second kappa shape index (κ2) is 7.37. The van der Waals surface area contributed by atoms with Gasteiger partial charge in [-0.05, 0) is 6.42 Å². The van der Waals surface area contributed by atoms with Crippen LogP contribution in [-0.4, -0.2) is 42.2 Å². The van der Waals surface area contributed by atoms with Gasteiger partial charge in [-0.3, -0.25) is 0 Å². The molecule has 152 valence electrons. The third kappa shape index (κ3) is 3.79. The highest BCUT2D eigenvalue weighted by molar-refractivity contribution is 5.10. The molecule has 0 aliphatic rings. The van der Waals surface area contributed by atoms with Gasteiger partial charge in [-0.1, -0.05) is 26.2 Å². The van der Waals surface area contributed by atoms with Crippen molar-refractivity contribution in [2.45, 2.75) is 74.8 Å². The molecule has 1 unspecified atom stereocenters. The molecule has 0 radical (unpaired) electrons. The van der Waals surface area contributed by atoms with Crippen LogP contribution in [0.2, 0.25) is 0 Å². The van der Waals surface area contributed by atoms with E-state index in [1.165, 1.54) is 6.92 Å². The molecule has 0 nitrogen and oxygen atoms in total. The van der Waals surface area contributed by atoms with Crippen molar-refractivity contribution in [3.8, 4) is 0 Å². The van der Waals surface area contributed by atoms with Crippen molar-refractivity contribution in [3.05, 3.63) is 0 Å². The molecule has 0 heterocycles. The summed E-state index contributed by atoms with van der Waals surface area (Å²) in [5, 5.41) is 0. The van der Waals surface area contributed by atoms with E-state index in [1.807, 2.05) is 0 Å². The molecule has 0 aliphatic heterocycles. The number of hydrogen-bond donors (Lipinski definition) is 0. The van der Waals surface area contributed by atoms with E-state index in [0.29, 0.717) is 0 Å². The normalized spacial score (nSPS) is 16.4. The maximum Gasteiger partial charge on any atom is 0.384 e. The van der Waals surface area contributed by atoms with Crippen molar-refractivity contribution < 1.29 is 57.1 Å². The Bertz CT molecular complexity index is 429. The van der Waals surface area contributed by atoms with E-state index >= 15 is 0 Å². The van der Waals surface area contributed by atoms with Gasteiger partial charge in [0.25, 0.3) is 0 Å². The predicted octanol–water partition coefficient (Wildman–Crippen LogP) is 6.35. The average Bonchev–Trinajstić information content (AvgIpc) is 2.46. The second-order valence-electron chi connectivity index (χ2n) is 5.23. The van der Waals surface area contributed by atoms with Crippen LogP contribution in [-0.2, 0) is 0 Å². The molecular formula is C12H13F13. The quantitative estimate of drug-likeness (QED) is 0.294. The molecule has 13 heteroatoms. The Morgan fingerprint density at radius 3 is 1.36 bits per heavy atom. The summed E-state index contributed by atoms with van der Waals surface area (Å²) < 4.78 is 167. The number of unbranched alkanes of at least 4 members (excludes halogenated alkanes) is 2. The molecule has 0 aromatic rings. The van der Waals surface area contributed by atoms with E-state index in [-0.39, 0.29) is 12.8 Å². The summed E-state index contributed by atoms with van der Waals surface area (Å²) in [5.74, 6) is -36.2. The first-order valence-electron chi connectivity index (χ1n) is 6.74. The Morgan fingerprint density at radius 2 is 1.00 bits per heavy atom. The van der Waals surface area contributed by atoms with E-state index in [0.717, 1.165) is 0 Å². The number of rotatable bonds is 10. The molecule has 0 spiro atoms. The number of hydrogen-bond acceptors (Lipinski definition) is 0. The molecule has 0 bridgehead atoms. The van der Waals surface area contributed by atoms with Crippen molar-refractivity contribution in [3.63, 3.8) is 0 Å². The van der Waals surface area contributed by atoms with Crippen LogP contribution >= 0.6 is 0 Å².